The Bertz CT molecular complexity index is 459. The lowest BCUT2D eigenvalue weighted by Crippen LogP contribution is -2.28. The summed E-state index contributed by atoms with van der Waals surface area (Å²) < 4.78 is 10.4. The van der Waals surface area contributed by atoms with E-state index in [9.17, 15) is 0 Å². The molecule has 0 radical (unpaired) electrons. The van der Waals surface area contributed by atoms with Crippen molar-refractivity contribution < 1.29 is 9.47 Å². The standard InChI is InChI=1S/C14H27N5O2/c1-9-11(16-7-10(21-6)8-20-5)17-13(14(2,3)4)18-12(9)19-15/h10H,7-8,15H2,1-6H3,(H2,16,17,18,19). The molecule has 1 heterocycles. The molecule has 0 aliphatic heterocycles. The third-order valence-electron chi connectivity index (χ3n) is 3.14. The zero-order chi connectivity index (χ0) is 16.0. The van der Waals surface area contributed by atoms with Crippen LogP contribution in [0.5, 0.6) is 0 Å². The molecule has 21 heavy (non-hydrogen) atoms. The van der Waals surface area contributed by atoms with Crippen molar-refractivity contribution in [2.24, 2.45) is 5.84 Å². The number of nitrogens with one attached hydrogen (secondary N) is 2. The Morgan fingerprint density at radius 2 is 1.81 bits per heavy atom. The van der Waals surface area contributed by atoms with Gasteiger partial charge in [0.1, 0.15) is 17.5 Å². The molecule has 7 nitrogen and oxygen atoms in total. The second kappa shape index (κ2) is 7.53. The van der Waals surface area contributed by atoms with Crippen molar-refractivity contribution in [2.45, 2.75) is 39.2 Å². The summed E-state index contributed by atoms with van der Waals surface area (Å²) in [5.74, 6) is 7.65. The monoisotopic (exact) mass is 297 g/mol. The molecule has 0 fully saturated rings. The van der Waals surface area contributed by atoms with Gasteiger partial charge in [-0.3, -0.25) is 0 Å². The molecule has 0 saturated heterocycles. The highest BCUT2D eigenvalue weighted by atomic mass is 16.5. The molecule has 4 N–H and O–H groups in total. The van der Waals surface area contributed by atoms with E-state index in [0.29, 0.717) is 19.0 Å². The minimum Gasteiger partial charge on any atom is -0.382 e. The first-order valence-electron chi connectivity index (χ1n) is 6.94. The second-order valence-electron chi connectivity index (χ2n) is 5.96. The van der Waals surface area contributed by atoms with Gasteiger partial charge in [0, 0.05) is 31.7 Å². The number of methoxy groups -OCH3 is 2. The third kappa shape index (κ3) is 4.80. The fourth-order valence-corrected chi connectivity index (χ4v) is 1.77. The van der Waals surface area contributed by atoms with Crippen molar-refractivity contribution in [1.82, 2.24) is 9.97 Å². The summed E-state index contributed by atoms with van der Waals surface area (Å²) in [7, 11) is 3.31. The predicted molar refractivity (Wildman–Crippen MR) is 84.4 cm³/mol. The smallest absolute Gasteiger partial charge is 0.148 e. The van der Waals surface area contributed by atoms with Crippen molar-refractivity contribution >= 4 is 11.6 Å². The molecular formula is C14H27N5O2. The molecule has 0 aliphatic carbocycles. The number of hydrogen-bond acceptors (Lipinski definition) is 7. The number of nitrogen functional groups attached to an aromatic ring is 1. The van der Waals surface area contributed by atoms with Crippen LogP contribution in [0.15, 0.2) is 0 Å². The Hall–Kier alpha value is -1.44. The second-order valence-corrected chi connectivity index (χ2v) is 5.96. The molecular weight excluding hydrogens is 270 g/mol. The van der Waals surface area contributed by atoms with Crippen LogP contribution in [-0.2, 0) is 14.9 Å². The summed E-state index contributed by atoms with van der Waals surface area (Å²) in [6, 6.07) is 0. The molecule has 0 spiro atoms. The molecule has 0 saturated carbocycles. The van der Waals surface area contributed by atoms with Gasteiger partial charge in [-0.1, -0.05) is 20.8 Å². The Kier molecular flexibility index (Phi) is 6.32. The first kappa shape index (κ1) is 17.6. The highest BCUT2D eigenvalue weighted by molar-refractivity contribution is 5.57. The Morgan fingerprint density at radius 1 is 1.19 bits per heavy atom. The SMILES string of the molecule is COCC(CNc1nc(C(C)(C)C)nc(NN)c1C)OC. The van der Waals surface area contributed by atoms with E-state index in [-0.39, 0.29) is 11.5 Å². The van der Waals surface area contributed by atoms with Crippen molar-refractivity contribution in [1.29, 1.82) is 0 Å². The maximum atomic E-state index is 5.55. The zero-order valence-corrected chi connectivity index (χ0v) is 13.8. The Labute approximate surface area is 126 Å². The summed E-state index contributed by atoms with van der Waals surface area (Å²) >= 11 is 0. The maximum Gasteiger partial charge on any atom is 0.148 e. The van der Waals surface area contributed by atoms with Gasteiger partial charge in [-0.25, -0.2) is 15.8 Å². The summed E-state index contributed by atoms with van der Waals surface area (Å²) in [6.45, 7) is 9.21. The van der Waals surface area contributed by atoms with Gasteiger partial charge in [-0.05, 0) is 6.92 Å². The van der Waals surface area contributed by atoms with Crippen molar-refractivity contribution in [3.05, 3.63) is 11.4 Å². The van der Waals surface area contributed by atoms with E-state index in [1.165, 1.54) is 0 Å². The van der Waals surface area contributed by atoms with Crippen LogP contribution in [0.3, 0.4) is 0 Å². The highest BCUT2D eigenvalue weighted by Gasteiger charge is 2.21. The summed E-state index contributed by atoms with van der Waals surface area (Å²) in [4.78, 5) is 9.07. The number of aromatic nitrogens is 2. The Balaban J connectivity index is 2.99. The average molecular weight is 297 g/mol. The fraction of sp³-hybridized carbons (Fsp3) is 0.714. The van der Waals surface area contributed by atoms with Gasteiger partial charge in [0.05, 0.1) is 12.7 Å². The first-order valence-corrected chi connectivity index (χ1v) is 6.94. The normalized spacial score (nSPS) is 13.1. The minimum atomic E-state index is -0.164. The molecule has 0 aromatic carbocycles. The van der Waals surface area contributed by atoms with Gasteiger partial charge in [0.2, 0.25) is 0 Å². The van der Waals surface area contributed by atoms with Crippen LogP contribution in [0, 0.1) is 6.92 Å². The van der Waals surface area contributed by atoms with Crippen LogP contribution in [-0.4, -0.2) is 43.4 Å². The molecule has 1 unspecified atom stereocenters. The number of hydrazine groups is 1. The zero-order valence-electron chi connectivity index (χ0n) is 13.8. The van der Waals surface area contributed by atoms with E-state index in [1.807, 2.05) is 6.92 Å². The van der Waals surface area contributed by atoms with Gasteiger partial charge in [-0.15, -0.1) is 0 Å². The third-order valence-corrected chi connectivity index (χ3v) is 3.14. The molecule has 1 atom stereocenters. The van der Waals surface area contributed by atoms with E-state index in [1.54, 1.807) is 14.2 Å². The molecule has 1 rings (SSSR count). The maximum absolute atomic E-state index is 5.55. The van der Waals surface area contributed by atoms with Gasteiger partial charge >= 0.3 is 0 Å². The predicted octanol–water partition coefficient (Wildman–Crippen LogP) is 1.44. The van der Waals surface area contributed by atoms with E-state index >= 15 is 0 Å². The van der Waals surface area contributed by atoms with Gasteiger partial charge in [0.25, 0.3) is 0 Å². The van der Waals surface area contributed by atoms with E-state index in [4.69, 9.17) is 15.3 Å². The molecule has 1 aromatic heterocycles. The Morgan fingerprint density at radius 3 is 2.29 bits per heavy atom. The number of anilines is 2. The topological polar surface area (TPSA) is 94.3 Å². The lowest BCUT2D eigenvalue weighted by Gasteiger charge is -2.22. The van der Waals surface area contributed by atoms with Crippen molar-refractivity contribution in [3.8, 4) is 0 Å². The molecule has 0 amide bonds. The van der Waals surface area contributed by atoms with E-state index < -0.39 is 0 Å². The van der Waals surface area contributed by atoms with Crippen LogP contribution < -0.4 is 16.6 Å². The highest BCUT2D eigenvalue weighted by Crippen LogP contribution is 2.25. The number of nitrogens with zero attached hydrogens (tertiary/aromatic N) is 2. The van der Waals surface area contributed by atoms with Gasteiger partial charge in [-0.2, -0.15) is 0 Å². The van der Waals surface area contributed by atoms with Crippen LogP contribution in [0.1, 0.15) is 32.2 Å². The average Bonchev–Trinajstić information content (AvgIpc) is 2.43. The van der Waals surface area contributed by atoms with E-state index in [2.05, 4.69) is 41.5 Å². The van der Waals surface area contributed by atoms with E-state index in [0.717, 1.165) is 17.2 Å². The fourth-order valence-electron chi connectivity index (χ4n) is 1.77. The van der Waals surface area contributed by atoms with Crippen LogP contribution in [0.25, 0.3) is 0 Å². The number of hydrogen-bond donors (Lipinski definition) is 3. The van der Waals surface area contributed by atoms with Crippen molar-refractivity contribution in [3.63, 3.8) is 0 Å². The lowest BCUT2D eigenvalue weighted by molar-refractivity contribution is 0.0365. The van der Waals surface area contributed by atoms with Gasteiger partial charge in [0.15, 0.2) is 0 Å². The summed E-state index contributed by atoms with van der Waals surface area (Å²) in [5, 5.41) is 3.28. The number of ether oxygens (including phenoxy) is 2. The van der Waals surface area contributed by atoms with Crippen LogP contribution >= 0.6 is 0 Å². The molecule has 0 bridgehead atoms. The minimum absolute atomic E-state index is 0.0447. The first-order chi connectivity index (χ1) is 9.83. The quantitative estimate of drug-likeness (QED) is 0.518. The number of nitrogens with two attached hydrogens (primary N) is 1. The molecule has 1 aromatic rings. The largest absolute Gasteiger partial charge is 0.382 e. The van der Waals surface area contributed by atoms with Crippen molar-refractivity contribution in [2.75, 3.05) is 38.1 Å². The van der Waals surface area contributed by atoms with Crippen LogP contribution in [0.2, 0.25) is 0 Å². The summed E-state index contributed by atoms with van der Waals surface area (Å²) in [6.07, 6.45) is -0.0447. The van der Waals surface area contributed by atoms with Gasteiger partial charge < -0.3 is 20.2 Å². The molecule has 120 valence electrons. The lowest BCUT2D eigenvalue weighted by atomic mass is 9.95. The molecule has 0 aliphatic rings. The van der Waals surface area contributed by atoms with Crippen LogP contribution in [0.4, 0.5) is 11.6 Å². The number of rotatable bonds is 7. The molecule has 7 heteroatoms. The summed E-state index contributed by atoms with van der Waals surface area (Å²) in [5.41, 5.74) is 3.34.